The summed E-state index contributed by atoms with van der Waals surface area (Å²) in [5.74, 6) is 2.75. The van der Waals surface area contributed by atoms with E-state index < -0.39 is 0 Å². The first-order valence-corrected chi connectivity index (χ1v) is 8.18. The minimum absolute atomic E-state index is 0.256. The van der Waals surface area contributed by atoms with Gasteiger partial charge in [0.25, 0.3) is 0 Å². The Balaban J connectivity index is 1.39. The standard InChI is InChI=1S/C20H23O3/c1-21-19-13-11-16-10-12-18(23-20(16)15-19)9-5-6-14-22-17-7-3-2-4-8-17/h2-5,7-8,11,13,15,18H,6,9-10,12,14H2,1H3. The largest absolute Gasteiger partial charge is 0.497 e. The molecule has 0 aromatic heterocycles. The maximum Gasteiger partial charge on any atom is 0.126 e. The van der Waals surface area contributed by atoms with Gasteiger partial charge in [-0.2, -0.15) is 0 Å². The van der Waals surface area contributed by atoms with Crippen LogP contribution in [0.1, 0.15) is 24.8 Å². The van der Waals surface area contributed by atoms with Gasteiger partial charge < -0.3 is 14.2 Å². The molecule has 2 aromatic rings. The van der Waals surface area contributed by atoms with E-state index in [1.165, 1.54) is 5.56 Å². The van der Waals surface area contributed by atoms with Gasteiger partial charge in [-0.25, -0.2) is 0 Å². The Morgan fingerprint density at radius 3 is 2.83 bits per heavy atom. The van der Waals surface area contributed by atoms with E-state index >= 15 is 0 Å². The SMILES string of the molecule is COc1ccc2c(c1)OC(C[CH]CCOc1ccccc1)CC2. The lowest BCUT2D eigenvalue weighted by molar-refractivity contribution is 0.169. The van der Waals surface area contributed by atoms with Crippen LogP contribution in [0, 0.1) is 6.42 Å². The lowest BCUT2D eigenvalue weighted by Crippen LogP contribution is -2.22. The van der Waals surface area contributed by atoms with E-state index in [4.69, 9.17) is 14.2 Å². The van der Waals surface area contributed by atoms with Gasteiger partial charge in [0.2, 0.25) is 0 Å². The zero-order valence-corrected chi connectivity index (χ0v) is 13.5. The van der Waals surface area contributed by atoms with Gasteiger partial charge in [0.1, 0.15) is 17.2 Å². The third kappa shape index (κ3) is 4.41. The van der Waals surface area contributed by atoms with Crippen molar-refractivity contribution in [2.45, 2.75) is 31.8 Å². The zero-order chi connectivity index (χ0) is 15.9. The highest BCUT2D eigenvalue weighted by Gasteiger charge is 2.19. The van der Waals surface area contributed by atoms with E-state index in [1.54, 1.807) is 7.11 Å². The van der Waals surface area contributed by atoms with Gasteiger partial charge in [-0.1, -0.05) is 24.3 Å². The number of methoxy groups -OCH3 is 1. The summed E-state index contributed by atoms with van der Waals surface area (Å²) in [6.07, 6.45) is 6.53. The molecule has 1 aliphatic heterocycles. The predicted octanol–water partition coefficient (Wildman–Crippen LogP) is 4.45. The molecular formula is C20H23O3. The van der Waals surface area contributed by atoms with Crippen LogP contribution in [0.15, 0.2) is 48.5 Å². The van der Waals surface area contributed by atoms with Gasteiger partial charge >= 0.3 is 0 Å². The van der Waals surface area contributed by atoms with Crippen LogP contribution in [-0.2, 0) is 6.42 Å². The Morgan fingerprint density at radius 2 is 2.00 bits per heavy atom. The number of benzene rings is 2. The van der Waals surface area contributed by atoms with Gasteiger partial charge in [0, 0.05) is 6.07 Å². The first kappa shape index (κ1) is 15.7. The van der Waals surface area contributed by atoms with Crippen molar-refractivity contribution >= 4 is 0 Å². The third-order valence-corrected chi connectivity index (χ3v) is 4.07. The molecule has 1 aliphatic rings. The molecule has 2 aromatic carbocycles. The molecule has 3 rings (SSSR count). The van der Waals surface area contributed by atoms with Crippen LogP contribution in [0.4, 0.5) is 0 Å². The van der Waals surface area contributed by atoms with Crippen LogP contribution >= 0.6 is 0 Å². The maximum atomic E-state index is 6.09. The normalized spacial score (nSPS) is 16.3. The van der Waals surface area contributed by atoms with Gasteiger partial charge in [-0.3, -0.25) is 0 Å². The van der Waals surface area contributed by atoms with Crippen LogP contribution in [0.5, 0.6) is 17.2 Å². The van der Waals surface area contributed by atoms with Crippen LogP contribution < -0.4 is 14.2 Å². The highest BCUT2D eigenvalue weighted by atomic mass is 16.5. The number of hydrogen-bond acceptors (Lipinski definition) is 3. The molecule has 0 amide bonds. The van der Waals surface area contributed by atoms with Crippen LogP contribution in [0.3, 0.4) is 0 Å². The molecule has 3 nitrogen and oxygen atoms in total. The lowest BCUT2D eigenvalue weighted by atomic mass is 9.99. The average molecular weight is 311 g/mol. The quantitative estimate of drug-likeness (QED) is 0.707. The highest BCUT2D eigenvalue weighted by molar-refractivity contribution is 5.42. The first-order valence-electron chi connectivity index (χ1n) is 8.18. The molecule has 0 N–H and O–H groups in total. The summed E-state index contributed by atoms with van der Waals surface area (Å²) >= 11 is 0. The molecule has 1 radical (unpaired) electrons. The predicted molar refractivity (Wildman–Crippen MR) is 91.2 cm³/mol. The summed E-state index contributed by atoms with van der Waals surface area (Å²) in [4.78, 5) is 0. The van der Waals surface area contributed by atoms with Crippen LogP contribution in [0.2, 0.25) is 0 Å². The third-order valence-electron chi connectivity index (χ3n) is 4.07. The molecule has 0 saturated carbocycles. The fraction of sp³-hybridized carbons (Fsp3) is 0.350. The molecule has 1 heterocycles. The Morgan fingerprint density at radius 1 is 1.13 bits per heavy atom. The highest BCUT2D eigenvalue weighted by Crippen LogP contribution is 2.32. The number of rotatable bonds is 7. The molecule has 1 unspecified atom stereocenters. The molecule has 0 fully saturated rings. The van der Waals surface area contributed by atoms with Crippen molar-refractivity contribution in [2.24, 2.45) is 0 Å². The van der Waals surface area contributed by atoms with Gasteiger partial charge in [-0.15, -0.1) is 0 Å². The summed E-state index contributed by atoms with van der Waals surface area (Å²) in [6.45, 7) is 0.709. The molecule has 0 saturated heterocycles. The molecule has 23 heavy (non-hydrogen) atoms. The molecule has 0 aliphatic carbocycles. The summed E-state index contributed by atoms with van der Waals surface area (Å²) in [5.41, 5.74) is 1.27. The van der Waals surface area contributed by atoms with Gasteiger partial charge in [-0.05, 0) is 55.9 Å². The number of fused-ring (bicyclic) bond motifs is 1. The summed E-state index contributed by atoms with van der Waals surface area (Å²) in [5, 5.41) is 0. The van der Waals surface area contributed by atoms with Crippen molar-refractivity contribution in [3.05, 3.63) is 60.5 Å². The summed E-state index contributed by atoms with van der Waals surface area (Å²) in [6, 6.07) is 16.0. The Labute approximate surface area is 138 Å². The average Bonchev–Trinajstić information content (AvgIpc) is 2.61. The van der Waals surface area contributed by atoms with Gasteiger partial charge in [0.05, 0.1) is 19.8 Å². The van der Waals surface area contributed by atoms with Crippen molar-refractivity contribution in [1.29, 1.82) is 0 Å². The first-order chi connectivity index (χ1) is 11.3. The van der Waals surface area contributed by atoms with E-state index in [0.29, 0.717) is 6.61 Å². The number of ether oxygens (including phenoxy) is 3. The van der Waals surface area contributed by atoms with Crippen molar-refractivity contribution in [3.63, 3.8) is 0 Å². The van der Waals surface area contributed by atoms with Crippen LogP contribution in [-0.4, -0.2) is 19.8 Å². The Kier molecular flexibility index (Phi) is 5.41. The second-order valence-electron chi connectivity index (χ2n) is 5.73. The van der Waals surface area contributed by atoms with Crippen molar-refractivity contribution in [2.75, 3.05) is 13.7 Å². The van der Waals surface area contributed by atoms with E-state index in [2.05, 4.69) is 12.5 Å². The molecule has 121 valence electrons. The number of aryl methyl sites for hydroxylation is 1. The fourth-order valence-corrected chi connectivity index (χ4v) is 2.78. The van der Waals surface area contributed by atoms with E-state index in [1.807, 2.05) is 42.5 Å². The van der Waals surface area contributed by atoms with E-state index in [0.717, 1.165) is 42.9 Å². The minimum atomic E-state index is 0.256. The maximum absolute atomic E-state index is 6.09. The number of unbranched alkanes of at least 4 members (excludes halogenated alkanes) is 1. The molecule has 1 atom stereocenters. The number of para-hydroxylation sites is 1. The van der Waals surface area contributed by atoms with Crippen LogP contribution in [0.25, 0.3) is 0 Å². The lowest BCUT2D eigenvalue weighted by Gasteiger charge is -2.26. The smallest absolute Gasteiger partial charge is 0.126 e. The Bertz CT molecular complexity index is 610. The Hall–Kier alpha value is -2.16. The van der Waals surface area contributed by atoms with Crippen molar-refractivity contribution in [1.82, 2.24) is 0 Å². The van der Waals surface area contributed by atoms with Crippen molar-refractivity contribution < 1.29 is 14.2 Å². The van der Waals surface area contributed by atoms with E-state index in [-0.39, 0.29) is 6.10 Å². The van der Waals surface area contributed by atoms with E-state index in [9.17, 15) is 0 Å². The topological polar surface area (TPSA) is 27.7 Å². The second-order valence-corrected chi connectivity index (χ2v) is 5.73. The molecular weight excluding hydrogens is 288 g/mol. The van der Waals surface area contributed by atoms with Gasteiger partial charge in [0.15, 0.2) is 0 Å². The number of hydrogen-bond donors (Lipinski definition) is 0. The molecule has 0 bridgehead atoms. The zero-order valence-electron chi connectivity index (χ0n) is 13.5. The summed E-state index contributed by atoms with van der Waals surface area (Å²) < 4.78 is 17.0. The minimum Gasteiger partial charge on any atom is -0.497 e. The fourth-order valence-electron chi connectivity index (χ4n) is 2.78. The van der Waals surface area contributed by atoms with Crippen molar-refractivity contribution in [3.8, 4) is 17.2 Å². The molecule has 3 heteroatoms. The second kappa shape index (κ2) is 7.91. The monoisotopic (exact) mass is 311 g/mol. The molecule has 0 spiro atoms. The summed E-state index contributed by atoms with van der Waals surface area (Å²) in [7, 11) is 1.68.